The van der Waals surface area contributed by atoms with E-state index in [4.69, 9.17) is 11.6 Å². The number of benzene rings is 2. The average molecular weight is 321 g/mol. The second kappa shape index (κ2) is 7.23. The first kappa shape index (κ1) is 15.5. The molecule has 0 spiro atoms. The molecule has 22 heavy (non-hydrogen) atoms. The highest BCUT2D eigenvalue weighted by Crippen LogP contribution is 2.08. The second-order valence-electron chi connectivity index (χ2n) is 6.11. The second-order valence-corrected chi connectivity index (χ2v) is 6.54. The van der Waals surface area contributed by atoms with Gasteiger partial charge in [-0.3, -0.25) is 0 Å². The van der Waals surface area contributed by atoms with Gasteiger partial charge in [-0.1, -0.05) is 35.9 Å². The fourth-order valence-corrected chi connectivity index (χ4v) is 3.22. The molecule has 0 unspecified atom stereocenters. The SMILES string of the molecule is Fc1ccc(C[NH+]2CC[NH+](Cc3ccc(Cl)cc3)CC2)cc1. The molecule has 1 saturated heterocycles. The highest BCUT2D eigenvalue weighted by atomic mass is 35.5. The molecule has 0 bridgehead atoms. The zero-order valence-electron chi connectivity index (χ0n) is 12.6. The Hall–Kier alpha value is -1.42. The molecule has 0 saturated carbocycles. The van der Waals surface area contributed by atoms with Gasteiger partial charge in [0.15, 0.2) is 0 Å². The molecule has 2 nitrogen and oxygen atoms in total. The first-order chi connectivity index (χ1) is 10.7. The standard InChI is InChI=1S/C18H20ClFN2/c19-17-5-1-15(2-6-17)13-21-9-11-22(12-10-21)14-16-3-7-18(20)8-4-16/h1-8H,9-14H2/p+2. The van der Waals surface area contributed by atoms with Crippen molar-refractivity contribution in [1.82, 2.24) is 0 Å². The molecular weight excluding hydrogens is 299 g/mol. The fraction of sp³-hybridized carbons (Fsp3) is 0.333. The lowest BCUT2D eigenvalue weighted by atomic mass is 10.1. The number of hydrogen-bond acceptors (Lipinski definition) is 0. The topological polar surface area (TPSA) is 8.88 Å². The van der Waals surface area contributed by atoms with E-state index in [-0.39, 0.29) is 5.82 Å². The summed E-state index contributed by atoms with van der Waals surface area (Å²) in [7, 11) is 0. The van der Waals surface area contributed by atoms with Crippen LogP contribution in [0.1, 0.15) is 11.1 Å². The lowest BCUT2D eigenvalue weighted by Gasteiger charge is -2.29. The summed E-state index contributed by atoms with van der Waals surface area (Å²) in [6.45, 7) is 6.76. The van der Waals surface area contributed by atoms with Crippen LogP contribution in [-0.4, -0.2) is 26.2 Å². The molecule has 0 atom stereocenters. The van der Waals surface area contributed by atoms with Gasteiger partial charge >= 0.3 is 0 Å². The molecule has 1 aliphatic rings. The Morgan fingerprint density at radius 2 is 1.14 bits per heavy atom. The van der Waals surface area contributed by atoms with E-state index >= 15 is 0 Å². The van der Waals surface area contributed by atoms with E-state index in [1.54, 1.807) is 21.9 Å². The number of rotatable bonds is 4. The van der Waals surface area contributed by atoms with Gasteiger partial charge in [-0.2, -0.15) is 0 Å². The van der Waals surface area contributed by atoms with Crippen LogP contribution >= 0.6 is 11.6 Å². The van der Waals surface area contributed by atoms with Gasteiger partial charge in [-0.15, -0.1) is 0 Å². The summed E-state index contributed by atoms with van der Waals surface area (Å²) < 4.78 is 12.9. The Kier molecular flexibility index (Phi) is 5.08. The van der Waals surface area contributed by atoms with Gasteiger partial charge in [-0.25, -0.2) is 4.39 Å². The molecular formula is C18H22ClFN2+2. The van der Waals surface area contributed by atoms with Gasteiger partial charge in [0.2, 0.25) is 0 Å². The van der Waals surface area contributed by atoms with Crippen LogP contribution in [0.25, 0.3) is 0 Å². The quantitative estimate of drug-likeness (QED) is 0.830. The molecule has 1 aliphatic heterocycles. The molecule has 4 heteroatoms. The van der Waals surface area contributed by atoms with Gasteiger partial charge in [0, 0.05) is 16.1 Å². The number of nitrogens with one attached hydrogen (secondary N) is 2. The van der Waals surface area contributed by atoms with Crippen molar-refractivity contribution in [3.05, 3.63) is 70.5 Å². The smallest absolute Gasteiger partial charge is 0.127 e. The van der Waals surface area contributed by atoms with Crippen LogP contribution in [0.4, 0.5) is 4.39 Å². The Labute approximate surface area is 136 Å². The third kappa shape index (κ3) is 4.29. The van der Waals surface area contributed by atoms with Gasteiger partial charge < -0.3 is 9.80 Å². The molecule has 1 heterocycles. The zero-order valence-corrected chi connectivity index (χ0v) is 13.4. The summed E-state index contributed by atoms with van der Waals surface area (Å²) in [5.74, 6) is -0.157. The molecule has 0 aliphatic carbocycles. The van der Waals surface area contributed by atoms with Gasteiger partial charge in [0.25, 0.3) is 0 Å². The largest absolute Gasteiger partial charge is 0.322 e. The van der Waals surface area contributed by atoms with E-state index in [2.05, 4.69) is 12.1 Å². The van der Waals surface area contributed by atoms with E-state index < -0.39 is 0 Å². The zero-order chi connectivity index (χ0) is 15.4. The first-order valence-electron chi connectivity index (χ1n) is 7.85. The highest BCUT2D eigenvalue weighted by molar-refractivity contribution is 6.30. The number of hydrogen-bond donors (Lipinski definition) is 2. The Balaban J connectivity index is 1.47. The van der Waals surface area contributed by atoms with Crippen molar-refractivity contribution in [2.75, 3.05) is 26.2 Å². The van der Waals surface area contributed by atoms with Crippen LogP contribution in [0, 0.1) is 5.82 Å². The molecule has 0 amide bonds. The molecule has 116 valence electrons. The summed E-state index contributed by atoms with van der Waals surface area (Å²) in [5.41, 5.74) is 2.57. The van der Waals surface area contributed by atoms with Gasteiger partial charge in [0.05, 0.1) is 0 Å². The van der Waals surface area contributed by atoms with Crippen LogP contribution in [0.15, 0.2) is 48.5 Å². The monoisotopic (exact) mass is 320 g/mol. The minimum Gasteiger partial charge on any atom is -0.322 e. The average Bonchev–Trinajstić information content (AvgIpc) is 2.54. The van der Waals surface area contributed by atoms with E-state index in [0.717, 1.165) is 18.1 Å². The van der Waals surface area contributed by atoms with Crippen molar-refractivity contribution in [3.8, 4) is 0 Å². The van der Waals surface area contributed by atoms with Crippen LogP contribution in [0.3, 0.4) is 0 Å². The van der Waals surface area contributed by atoms with Crippen molar-refractivity contribution in [2.24, 2.45) is 0 Å². The Morgan fingerprint density at radius 3 is 1.59 bits per heavy atom. The lowest BCUT2D eigenvalue weighted by Crippen LogP contribution is -3.27. The fourth-order valence-electron chi connectivity index (χ4n) is 3.09. The lowest BCUT2D eigenvalue weighted by molar-refractivity contribution is -1.02. The Morgan fingerprint density at radius 1 is 0.727 bits per heavy atom. The highest BCUT2D eigenvalue weighted by Gasteiger charge is 2.23. The predicted octanol–water partition coefficient (Wildman–Crippen LogP) is 0.963. The summed E-state index contributed by atoms with van der Waals surface area (Å²) >= 11 is 5.93. The van der Waals surface area contributed by atoms with E-state index in [1.165, 1.54) is 37.3 Å². The van der Waals surface area contributed by atoms with Crippen molar-refractivity contribution >= 4 is 11.6 Å². The molecule has 2 aromatic rings. The van der Waals surface area contributed by atoms with Crippen molar-refractivity contribution in [2.45, 2.75) is 13.1 Å². The van der Waals surface area contributed by atoms with Crippen molar-refractivity contribution in [1.29, 1.82) is 0 Å². The number of piperazine rings is 1. The summed E-state index contributed by atoms with van der Waals surface area (Å²) in [5, 5.41) is 0.798. The van der Waals surface area contributed by atoms with Crippen LogP contribution in [0.5, 0.6) is 0 Å². The van der Waals surface area contributed by atoms with E-state index in [0.29, 0.717) is 0 Å². The molecule has 3 rings (SSSR count). The Bertz CT molecular complexity index is 534. The molecule has 2 aromatic carbocycles. The maximum absolute atomic E-state index is 12.9. The van der Waals surface area contributed by atoms with Crippen LogP contribution in [0.2, 0.25) is 5.02 Å². The first-order valence-corrected chi connectivity index (χ1v) is 8.23. The summed E-state index contributed by atoms with van der Waals surface area (Å²) in [6.07, 6.45) is 0. The van der Waals surface area contributed by atoms with Crippen molar-refractivity contribution in [3.63, 3.8) is 0 Å². The summed E-state index contributed by atoms with van der Waals surface area (Å²) in [4.78, 5) is 3.22. The molecule has 0 aromatic heterocycles. The van der Waals surface area contributed by atoms with Crippen LogP contribution < -0.4 is 9.80 Å². The minimum atomic E-state index is -0.157. The summed E-state index contributed by atoms with van der Waals surface area (Å²) in [6, 6.07) is 15.1. The minimum absolute atomic E-state index is 0.157. The van der Waals surface area contributed by atoms with Crippen molar-refractivity contribution < 1.29 is 14.2 Å². The predicted molar refractivity (Wildman–Crippen MR) is 86.7 cm³/mol. The van der Waals surface area contributed by atoms with Crippen LogP contribution in [-0.2, 0) is 13.1 Å². The maximum atomic E-state index is 12.9. The number of quaternary nitrogens is 2. The number of halogens is 2. The maximum Gasteiger partial charge on any atom is 0.127 e. The van der Waals surface area contributed by atoms with Gasteiger partial charge in [0.1, 0.15) is 45.1 Å². The van der Waals surface area contributed by atoms with Gasteiger partial charge in [-0.05, 0) is 24.3 Å². The normalized spacial score (nSPS) is 21.7. The third-order valence-electron chi connectivity index (χ3n) is 4.40. The third-order valence-corrected chi connectivity index (χ3v) is 4.65. The van der Waals surface area contributed by atoms with E-state index in [9.17, 15) is 4.39 Å². The molecule has 2 N–H and O–H groups in total. The molecule has 0 radical (unpaired) electrons. The van der Waals surface area contributed by atoms with E-state index in [1.807, 2.05) is 24.3 Å². The molecule has 1 fully saturated rings.